The third-order valence-electron chi connectivity index (χ3n) is 5.74. The number of thiophene rings is 1. The van der Waals surface area contributed by atoms with Gasteiger partial charge >= 0.3 is 0 Å². The Hall–Kier alpha value is -2.99. The minimum Gasteiger partial charge on any atom is -0.331 e. The number of aromatic nitrogens is 3. The molecule has 4 heterocycles. The van der Waals surface area contributed by atoms with Crippen molar-refractivity contribution >= 4 is 28.3 Å². The predicted octanol–water partition coefficient (Wildman–Crippen LogP) is 5.72. The lowest BCUT2D eigenvalue weighted by Crippen LogP contribution is -2.30. The van der Waals surface area contributed by atoms with Crippen LogP contribution in [0.25, 0.3) is 22.3 Å². The van der Waals surface area contributed by atoms with Gasteiger partial charge in [0.1, 0.15) is 0 Å². The number of carbonyl (C=O) groups is 1. The van der Waals surface area contributed by atoms with Crippen LogP contribution >= 0.6 is 11.3 Å². The first-order valence-corrected chi connectivity index (χ1v) is 11.3. The molecule has 0 radical (unpaired) electrons. The molecule has 0 spiro atoms. The molecule has 30 heavy (non-hydrogen) atoms. The van der Waals surface area contributed by atoms with Crippen LogP contribution in [0, 0.1) is 0 Å². The molecule has 0 bridgehead atoms. The Bertz CT molecular complexity index is 1180. The summed E-state index contributed by atoms with van der Waals surface area (Å²) < 4.78 is 1.90. The summed E-state index contributed by atoms with van der Waals surface area (Å²) in [5.41, 5.74) is 3.26. The molecular formula is C24H24N4OS. The molecule has 152 valence electrons. The number of hydrogen-bond donors (Lipinski definition) is 0. The quantitative estimate of drug-likeness (QED) is 0.428. The lowest BCUT2D eigenvalue weighted by molar-refractivity contribution is 0.0740. The van der Waals surface area contributed by atoms with Crippen LogP contribution in [0.5, 0.6) is 0 Å². The molecule has 5 rings (SSSR count). The van der Waals surface area contributed by atoms with Crippen LogP contribution in [0.3, 0.4) is 0 Å². The van der Waals surface area contributed by atoms with Crippen LogP contribution in [0.4, 0.5) is 0 Å². The van der Waals surface area contributed by atoms with Gasteiger partial charge in [0, 0.05) is 23.0 Å². The number of likely N-dealkylation sites (tertiary alicyclic amines) is 1. The van der Waals surface area contributed by atoms with E-state index in [9.17, 15) is 4.79 Å². The van der Waals surface area contributed by atoms with Crippen molar-refractivity contribution in [3.8, 4) is 11.3 Å². The van der Waals surface area contributed by atoms with Gasteiger partial charge in [0.15, 0.2) is 5.65 Å². The second kappa shape index (κ2) is 7.69. The van der Waals surface area contributed by atoms with Gasteiger partial charge in [-0.25, -0.2) is 9.67 Å². The number of nitrogens with zero attached hydrogens (tertiary/aromatic N) is 4. The van der Waals surface area contributed by atoms with Gasteiger partial charge in [-0.05, 0) is 44.2 Å². The Balaban J connectivity index is 1.65. The molecule has 6 heteroatoms. The largest absolute Gasteiger partial charge is 0.331 e. The number of fused-ring (bicyclic) bond motifs is 1. The zero-order chi connectivity index (χ0) is 20.7. The van der Waals surface area contributed by atoms with Crippen molar-refractivity contribution in [3.63, 3.8) is 0 Å². The first-order valence-electron chi connectivity index (χ1n) is 10.4. The van der Waals surface area contributed by atoms with Gasteiger partial charge in [0.2, 0.25) is 0 Å². The van der Waals surface area contributed by atoms with E-state index in [1.807, 2.05) is 46.0 Å². The van der Waals surface area contributed by atoms with E-state index >= 15 is 0 Å². The molecule has 3 aromatic heterocycles. The van der Waals surface area contributed by atoms with Gasteiger partial charge in [-0.1, -0.05) is 36.4 Å². The molecule has 4 aromatic rings. The summed E-state index contributed by atoms with van der Waals surface area (Å²) in [4.78, 5) is 22.0. The molecule has 1 unspecified atom stereocenters. The zero-order valence-electron chi connectivity index (χ0n) is 17.2. The van der Waals surface area contributed by atoms with E-state index in [0.29, 0.717) is 5.56 Å². The number of hydrogen-bond acceptors (Lipinski definition) is 4. The average Bonchev–Trinajstić information content (AvgIpc) is 3.52. The highest BCUT2D eigenvalue weighted by Crippen LogP contribution is 2.37. The molecule has 1 aliphatic rings. The molecule has 0 N–H and O–H groups in total. The van der Waals surface area contributed by atoms with E-state index < -0.39 is 0 Å². The lowest BCUT2D eigenvalue weighted by Gasteiger charge is -2.24. The summed E-state index contributed by atoms with van der Waals surface area (Å²) in [5, 5.41) is 7.46. The number of benzene rings is 1. The lowest BCUT2D eigenvalue weighted by atomic mass is 10.1. The minimum atomic E-state index is 0.0683. The molecule has 1 aliphatic heterocycles. The van der Waals surface area contributed by atoms with E-state index in [0.717, 1.165) is 41.7 Å². The number of pyridine rings is 1. The molecular weight excluding hydrogens is 392 g/mol. The SMILES string of the molecule is CC(C)n1ncc2c(C(=O)N3CCCC3c3cccs3)cc(-c3ccccc3)nc21. The fourth-order valence-electron chi connectivity index (χ4n) is 4.27. The second-order valence-corrected chi connectivity index (χ2v) is 8.99. The van der Waals surface area contributed by atoms with Gasteiger partial charge in [-0.2, -0.15) is 5.10 Å². The highest BCUT2D eigenvalue weighted by atomic mass is 32.1. The van der Waals surface area contributed by atoms with Crippen molar-refractivity contribution < 1.29 is 4.79 Å². The Labute approximate surface area is 180 Å². The van der Waals surface area contributed by atoms with Crippen molar-refractivity contribution in [2.75, 3.05) is 6.54 Å². The Morgan fingerprint density at radius 1 is 1.17 bits per heavy atom. The zero-order valence-corrected chi connectivity index (χ0v) is 18.0. The number of amides is 1. The monoisotopic (exact) mass is 416 g/mol. The van der Waals surface area contributed by atoms with Gasteiger partial charge in [-0.3, -0.25) is 4.79 Å². The molecule has 1 atom stereocenters. The van der Waals surface area contributed by atoms with Crippen molar-refractivity contribution in [1.82, 2.24) is 19.7 Å². The summed E-state index contributed by atoms with van der Waals surface area (Å²) >= 11 is 1.73. The van der Waals surface area contributed by atoms with Crippen molar-refractivity contribution in [2.24, 2.45) is 0 Å². The highest BCUT2D eigenvalue weighted by molar-refractivity contribution is 7.10. The standard InChI is InChI=1S/C24H24N4OS/c1-16(2)28-23-19(15-25-28)18(14-20(26-23)17-8-4-3-5-9-17)24(29)27-12-6-10-21(27)22-11-7-13-30-22/h3-5,7-9,11,13-16,21H,6,10,12H2,1-2H3. The molecule has 1 saturated heterocycles. The first kappa shape index (κ1) is 19.0. The Kier molecular flexibility index (Phi) is 4.87. The Morgan fingerprint density at radius 2 is 2.00 bits per heavy atom. The van der Waals surface area contributed by atoms with Crippen molar-refractivity contribution in [3.05, 3.63) is 70.5 Å². The first-order chi connectivity index (χ1) is 14.6. The summed E-state index contributed by atoms with van der Waals surface area (Å²) in [7, 11) is 0. The smallest absolute Gasteiger partial charge is 0.255 e. The minimum absolute atomic E-state index is 0.0683. The van der Waals surface area contributed by atoms with Gasteiger partial charge in [-0.15, -0.1) is 11.3 Å². The average molecular weight is 417 g/mol. The van der Waals surface area contributed by atoms with Crippen molar-refractivity contribution in [2.45, 2.75) is 38.8 Å². The molecule has 1 aromatic carbocycles. The summed E-state index contributed by atoms with van der Waals surface area (Å²) in [6.07, 6.45) is 3.83. The molecule has 1 amide bonds. The van der Waals surface area contributed by atoms with Crippen LogP contribution in [-0.2, 0) is 0 Å². The summed E-state index contributed by atoms with van der Waals surface area (Å²) in [5.74, 6) is 0.0683. The van der Waals surface area contributed by atoms with E-state index in [4.69, 9.17) is 4.98 Å². The normalized spacial score (nSPS) is 16.6. The van der Waals surface area contributed by atoms with Gasteiger partial charge in [0.05, 0.1) is 28.9 Å². The Morgan fingerprint density at radius 3 is 2.73 bits per heavy atom. The fraction of sp³-hybridized carbons (Fsp3) is 0.292. The van der Waals surface area contributed by atoms with Crippen LogP contribution in [0.1, 0.15) is 54.0 Å². The topological polar surface area (TPSA) is 51.0 Å². The van der Waals surface area contributed by atoms with Crippen LogP contribution in [-0.4, -0.2) is 32.1 Å². The second-order valence-electron chi connectivity index (χ2n) is 8.01. The van der Waals surface area contributed by atoms with Gasteiger partial charge in [0.25, 0.3) is 5.91 Å². The molecule has 0 saturated carbocycles. The van der Waals surface area contributed by atoms with E-state index in [1.165, 1.54) is 4.88 Å². The van der Waals surface area contributed by atoms with E-state index in [1.54, 1.807) is 17.5 Å². The number of rotatable bonds is 4. The van der Waals surface area contributed by atoms with Crippen LogP contribution in [0.15, 0.2) is 60.1 Å². The van der Waals surface area contributed by atoms with Crippen LogP contribution < -0.4 is 0 Å². The van der Waals surface area contributed by atoms with E-state index in [2.05, 4.69) is 36.5 Å². The third-order valence-corrected chi connectivity index (χ3v) is 6.71. The maximum Gasteiger partial charge on any atom is 0.255 e. The third kappa shape index (κ3) is 3.21. The summed E-state index contributed by atoms with van der Waals surface area (Å²) in [6.45, 7) is 4.94. The van der Waals surface area contributed by atoms with Gasteiger partial charge < -0.3 is 4.90 Å². The fourth-order valence-corrected chi connectivity index (χ4v) is 5.14. The number of carbonyl (C=O) groups excluding carboxylic acids is 1. The highest BCUT2D eigenvalue weighted by Gasteiger charge is 2.32. The predicted molar refractivity (Wildman–Crippen MR) is 121 cm³/mol. The van der Waals surface area contributed by atoms with Crippen LogP contribution in [0.2, 0.25) is 0 Å². The maximum absolute atomic E-state index is 13.8. The van der Waals surface area contributed by atoms with E-state index in [-0.39, 0.29) is 18.0 Å². The maximum atomic E-state index is 13.8. The molecule has 0 aliphatic carbocycles. The molecule has 5 nitrogen and oxygen atoms in total. The van der Waals surface area contributed by atoms with Crippen molar-refractivity contribution in [1.29, 1.82) is 0 Å². The molecule has 1 fully saturated rings. The summed E-state index contributed by atoms with van der Waals surface area (Å²) in [6, 6.07) is 16.5.